The van der Waals surface area contributed by atoms with E-state index in [-0.39, 0.29) is 11.9 Å². The number of nitro groups is 1. The van der Waals surface area contributed by atoms with Crippen molar-refractivity contribution in [3.8, 4) is 0 Å². The van der Waals surface area contributed by atoms with Gasteiger partial charge < -0.3 is 14.7 Å². The Bertz CT molecular complexity index is 647. The smallest absolute Gasteiger partial charge is 0.358 e. The van der Waals surface area contributed by atoms with E-state index in [4.69, 9.17) is 0 Å². The van der Waals surface area contributed by atoms with E-state index in [0.717, 1.165) is 12.8 Å². The molecule has 2 heterocycles. The minimum atomic E-state index is -0.489. The van der Waals surface area contributed by atoms with E-state index in [0.29, 0.717) is 10.2 Å². The molecule has 21 heavy (non-hydrogen) atoms. The van der Waals surface area contributed by atoms with Crippen LogP contribution in [0.15, 0.2) is 16.5 Å². The van der Waals surface area contributed by atoms with Gasteiger partial charge in [-0.25, -0.2) is 4.68 Å². The Morgan fingerprint density at radius 3 is 2.86 bits per heavy atom. The van der Waals surface area contributed by atoms with Crippen LogP contribution in [0.3, 0.4) is 0 Å². The van der Waals surface area contributed by atoms with Gasteiger partial charge in [0, 0.05) is 7.05 Å². The van der Waals surface area contributed by atoms with Crippen LogP contribution in [0.2, 0.25) is 0 Å². The maximum Gasteiger partial charge on any atom is 0.396 e. The van der Waals surface area contributed by atoms with Crippen LogP contribution in [-0.4, -0.2) is 34.7 Å². The van der Waals surface area contributed by atoms with Gasteiger partial charge in [0.25, 0.3) is 0 Å². The first kappa shape index (κ1) is 14.0. The van der Waals surface area contributed by atoms with Crippen molar-refractivity contribution in [2.24, 2.45) is 7.05 Å². The molecule has 0 N–H and O–H groups in total. The van der Waals surface area contributed by atoms with Crippen LogP contribution in [-0.2, 0) is 7.05 Å². The second kappa shape index (κ2) is 5.80. The molecule has 9 nitrogen and oxygen atoms in total. The van der Waals surface area contributed by atoms with Gasteiger partial charge in [-0.3, -0.25) is 0 Å². The number of tetrazole rings is 1. The molecule has 0 radical (unpaired) electrons. The average molecular weight is 309 g/mol. The number of aryl methyl sites for hydroxylation is 1. The molecule has 1 fully saturated rings. The van der Waals surface area contributed by atoms with Gasteiger partial charge in [-0.1, -0.05) is 19.3 Å². The Labute approximate surface area is 124 Å². The maximum absolute atomic E-state index is 11.0. The summed E-state index contributed by atoms with van der Waals surface area (Å²) in [6.45, 7) is 0. The molecule has 0 saturated heterocycles. The third kappa shape index (κ3) is 2.75. The molecule has 3 rings (SSSR count). The molecule has 0 unspecified atom stereocenters. The molecule has 0 spiro atoms. The van der Waals surface area contributed by atoms with Crippen LogP contribution < -0.4 is 0 Å². The van der Waals surface area contributed by atoms with Gasteiger partial charge in [0.2, 0.25) is 11.5 Å². The summed E-state index contributed by atoms with van der Waals surface area (Å²) in [6.07, 6.45) is 7.10. The molecule has 0 aromatic carbocycles. The molecule has 2 aromatic heterocycles. The van der Waals surface area contributed by atoms with Gasteiger partial charge in [-0.05, 0) is 44.9 Å². The number of hydrogen-bond acceptors (Lipinski definition) is 7. The maximum atomic E-state index is 11.0. The van der Waals surface area contributed by atoms with Crippen LogP contribution >= 0.6 is 11.8 Å². The Morgan fingerprint density at radius 1 is 1.38 bits per heavy atom. The van der Waals surface area contributed by atoms with Crippen molar-refractivity contribution in [3.63, 3.8) is 0 Å². The lowest BCUT2D eigenvalue weighted by Crippen LogP contribution is -2.15. The molecule has 0 amide bonds. The highest BCUT2D eigenvalue weighted by atomic mass is 32.2. The summed E-state index contributed by atoms with van der Waals surface area (Å²) in [5, 5.41) is 23.8. The molecule has 0 atom stereocenters. The molecule has 2 aromatic rings. The first-order chi connectivity index (χ1) is 10.2. The topological polar surface area (TPSA) is 105 Å². The highest BCUT2D eigenvalue weighted by Crippen LogP contribution is 2.35. The largest absolute Gasteiger partial charge is 0.396 e. The van der Waals surface area contributed by atoms with Gasteiger partial charge >= 0.3 is 5.82 Å². The summed E-state index contributed by atoms with van der Waals surface area (Å²) in [6, 6.07) is 0.281. The molecule has 0 aliphatic heterocycles. The van der Waals surface area contributed by atoms with E-state index in [1.54, 1.807) is 16.3 Å². The number of aromatic nitrogens is 6. The van der Waals surface area contributed by atoms with Crippen molar-refractivity contribution in [2.45, 2.75) is 48.3 Å². The normalized spacial score (nSPS) is 16.2. The Balaban J connectivity index is 1.87. The fourth-order valence-corrected chi connectivity index (χ4v) is 3.48. The quantitative estimate of drug-likeness (QED) is 0.628. The monoisotopic (exact) mass is 309 g/mol. The molecule has 1 aliphatic carbocycles. The van der Waals surface area contributed by atoms with Gasteiger partial charge in [0.15, 0.2) is 5.03 Å². The number of nitrogens with zero attached hydrogens (tertiary/aromatic N) is 7. The van der Waals surface area contributed by atoms with Crippen LogP contribution in [0.5, 0.6) is 0 Å². The fourth-order valence-electron chi connectivity index (χ4n) is 2.54. The zero-order valence-corrected chi connectivity index (χ0v) is 12.4. The summed E-state index contributed by atoms with van der Waals surface area (Å²) in [5.41, 5.74) is 0. The van der Waals surface area contributed by atoms with Gasteiger partial charge in [-0.2, -0.15) is 0 Å². The van der Waals surface area contributed by atoms with Crippen molar-refractivity contribution in [1.29, 1.82) is 0 Å². The zero-order chi connectivity index (χ0) is 14.8. The van der Waals surface area contributed by atoms with E-state index in [9.17, 15) is 10.1 Å². The number of imidazole rings is 1. The van der Waals surface area contributed by atoms with Crippen LogP contribution in [0, 0.1) is 10.1 Å². The molecule has 0 bridgehead atoms. The summed E-state index contributed by atoms with van der Waals surface area (Å²) >= 11 is 1.19. The first-order valence-corrected chi connectivity index (χ1v) is 7.60. The van der Waals surface area contributed by atoms with E-state index in [1.165, 1.54) is 37.4 Å². The molecule has 1 aliphatic rings. The SMILES string of the molecule is Cn1cnc([N+](=O)[O-])c1Sc1nnnn1C1CCCCC1. The Hall–Kier alpha value is -1.97. The van der Waals surface area contributed by atoms with Gasteiger partial charge in [0.1, 0.15) is 0 Å². The lowest BCUT2D eigenvalue weighted by Gasteiger charge is -2.21. The lowest BCUT2D eigenvalue weighted by atomic mass is 9.96. The van der Waals surface area contributed by atoms with Gasteiger partial charge in [-0.15, -0.1) is 5.10 Å². The number of hydrogen-bond donors (Lipinski definition) is 0. The summed E-state index contributed by atoms with van der Waals surface area (Å²) in [5.74, 6) is -0.166. The highest BCUT2D eigenvalue weighted by Gasteiger charge is 2.26. The fraction of sp³-hybridized carbons (Fsp3) is 0.636. The predicted octanol–water partition coefficient (Wildman–Crippen LogP) is 1.97. The Morgan fingerprint density at radius 2 is 2.14 bits per heavy atom. The van der Waals surface area contributed by atoms with Gasteiger partial charge in [0.05, 0.1) is 6.04 Å². The average Bonchev–Trinajstić information content (AvgIpc) is 3.08. The molecule has 10 heteroatoms. The minimum Gasteiger partial charge on any atom is -0.358 e. The molecular weight excluding hydrogens is 294 g/mol. The third-order valence-corrected chi connectivity index (χ3v) is 4.72. The van der Waals surface area contributed by atoms with E-state index < -0.39 is 4.92 Å². The van der Waals surface area contributed by atoms with E-state index >= 15 is 0 Å². The van der Waals surface area contributed by atoms with Crippen LogP contribution in [0.25, 0.3) is 0 Å². The Kier molecular flexibility index (Phi) is 3.86. The van der Waals surface area contributed by atoms with Crippen molar-refractivity contribution in [2.75, 3.05) is 0 Å². The predicted molar refractivity (Wildman–Crippen MR) is 73.9 cm³/mol. The van der Waals surface area contributed by atoms with Crippen LogP contribution in [0.4, 0.5) is 5.82 Å². The first-order valence-electron chi connectivity index (χ1n) is 6.78. The summed E-state index contributed by atoms with van der Waals surface area (Å²) in [4.78, 5) is 14.3. The number of rotatable bonds is 4. The standard InChI is InChI=1S/C11H15N7O2S/c1-16-7-12-9(18(19)20)10(16)21-11-13-14-15-17(11)8-5-3-2-4-6-8/h7-8H,2-6H2,1H3. The van der Waals surface area contributed by atoms with Crippen LogP contribution in [0.1, 0.15) is 38.1 Å². The van der Waals surface area contributed by atoms with E-state index in [2.05, 4.69) is 20.5 Å². The van der Waals surface area contributed by atoms with Crippen molar-refractivity contribution < 1.29 is 4.92 Å². The summed E-state index contributed by atoms with van der Waals surface area (Å²) < 4.78 is 3.41. The highest BCUT2D eigenvalue weighted by molar-refractivity contribution is 7.99. The van der Waals surface area contributed by atoms with Crippen molar-refractivity contribution in [3.05, 3.63) is 16.4 Å². The molecule has 112 valence electrons. The molecule has 1 saturated carbocycles. The minimum absolute atomic E-state index is 0.166. The third-order valence-electron chi connectivity index (χ3n) is 3.61. The second-order valence-corrected chi connectivity index (χ2v) is 6.00. The van der Waals surface area contributed by atoms with Crippen molar-refractivity contribution >= 4 is 17.6 Å². The molecular formula is C11H15N7O2S. The lowest BCUT2D eigenvalue weighted by molar-refractivity contribution is -0.392. The summed E-state index contributed by atoms with van der Waals surface area (Å²) in [7, 11) is 1.72. The van der Waals surface area contributed by atoms with Crippen molar-refractivity contribution in [1.82, 2.24) is 29.8 Å². The van der Waals surface area contributed by atoms with E-state index in [1.807, 2.05) is 0 Å². The zero-order valence-electron chi connectivity index (χ0n) is 11.5. The second-order valence-electron chi connectivity index (χ2n) is 5.04.